The zero-order valence-electron chi connectivity index (χ0n) is 15.1. The van der Waals surface area contributed by atoms with E-state index in [2.05, 4.69) is 10.1 Å². The SMILES string of the molecule is O=C(Cc1ccccc1F)N1CCC[C@H](c2nc(-c3ccc(F)cc3)no2)C1. The van der Waals surface area contributed by atoms with Gasteiger partial charge in [-0.05, 0) is 48.7 Å². The number of rotatable bonds is 4. The van der Waals surface area contributed by atoms with Crippen LogP contribution >= 0.6 is 0 Å². The van der Waals surface area contributed by atoms with E-state index in [0.717, 1.165) is 12.8 Å². The molecule has 1 saturated heterocycles. The van der Waals surface area contributed by atoms with Crippen molar-refractivity contribution in [1.29, 1.82) is 0 Å². The average Bonchev–Trinajstić information content (AvgIpc) is 3.21. The van der Waals surface area contributed by atoms with Crippen LogP contribution in [0.1, 0.15) is 30.2 Å². The van der Waals surface area contributed by atoms with Crippen LogP contribution in [0.5, 0.6) is 0 Å². The number of halogens is 2. The van der Waals surface area contributed by atoms with E-state index in [9.17, 15) is 13.6 Å². The smallest absolute Gasteiger partial charge is 0.231 e. The molecule has 1 aromatic heterocycles. The van der Waals surface area contributed by atoms with E-state index in [1.54, 1.807) is 35.2 Å². The van der Waals surface area contributed by atoms with E-state index in [0.29, 0.717) is 35.9 Å². The molecule has 1 atom stereocenters. The zero-order valence-corrected chi connectivity index (χ0v) is 15.1. The third-order valence-electron chi connectivity index (χ3n) is 4.97. The van der Waals surface area contributed by atoms with Gasteiger partial charge in [-0.3, -0.25) is 4.79 Å². The van der Waals surface area contributed by atoms with Crippen molar-refractivity contribution in [3.05, 3.63) is 71.6 Å². The van der Waals surface area contributed by atoms with Crippen LogP contribution in [-0.4, -0.2) is 34.0 Å². The molecule has 1 amide bonds. The quantitative estimate of drug-likeness (QED) is 0.684. The molecule has 28 heavy (non-hydrogen) atoms. The van der Waals surface area contributed by atoms with Crippen molar-refractivity contribution in [2.45, 2.75) is 25.2 Å². The second kappa shape index (κ2) is 7.88. The van der Waals surface area contributed by atoms with E-state index in [4.69, 9.17) is 4.52 Å². The number of carbonyl (C=O) groups is 1. The molecule has 0 aliphatic carbocycles. The molecule has 1 aliphatic rings. The van der Waals surface area contributed by atoms with Crippen molar-refractivity contribution in [2.24, 2.45) is 0 Å². The molecule has 2 heterocycles. The predicted molar refractivity (Wildman–Crippen MR) is 98.4 cm³/mol. The standard InChI is InChI=1S/C21H19F2N3O2/c22-17-9-7-14(8-10-17)20-24-21(28-25-20)16-5-3-11-26(13-16)19(27)12-15-4-1-2-6-18(15)23/h1-2,4,6-10,16H,3,5,11-13H2/t16-/m0/s1. The minimum atomic E-state index is -0.370. The molecule has 3 aromatic rings. The number of hydrogen-bond donors (Lipinski definition) is 0. The maximum Gasteiger partial charge on any atom is 0.231 e. The van der Waals surface area contributed by atoms with Gasteiger partial charge in [0.1, 0.15) is 11.6 Å². The molecule has 0 N–H and O–H groups in total. The molecule has 0 bridgehead atoms. The first-order valence-corrected chi connectivity index (χ1v) is 9.21. The predicted octanol–water partition coefficient (Wildman–Crippen LogP) is 3.96. The molecule has 4 rings (SSSR count). The van der Waals surface area contributed by atoms with E-state index in [-0.39, 0.29) is 29.9 Å². The lowest BCUT2D eigenvalue weighted by Crippen LogP contribution is -2.40. The minimum absolute atomic E-state index is 0.0318. The number of benzene rings is 2. The molecular formula is C21H19F2N3O2. The van der Waals surface area contributed by atoms with Crippen molar-refractivity contribution in [3.8, 4) is 11.4 Å². The molecule has 144 valence electrons. The van der Waals surface area contributed by atoms with Crippen LogP contribution in [0.25, 0.3) is 11.4 Å². The van der Waals surface area contributed by atoms with Crippen molar-refractivity contribution >= 4 is 5.91 Å². The molecule has 1 aliphatic heterocycles. The fraction of sp³-hybridized carbons (Fsp3) is 0.286. The van der Waals surface area contributed by atoms with Crippen molar-refractivity contribution in [1.82, 2.24) is 15.0 Å². The highest BCUT2D eigenvalue weighted by atomic mass is 19.1. The number of carbonyl (C=O) groups excluding carboxylic acids is 1. The van der Waals surface area contributed by atoms with Gasteiger partial charge < -0.3 is 9.42 Å². The molecular weight excluding hydrogens is 364 g/mol. The van der Waals surface area contributed by atoms with Crippen LogP contribution in [0.3, 0.4) is 0 Å². The first kappa shape index (κ1) is 18.3. The average molecular weight is 383 g/mol. The maximum atomic E-state index is 13.8. The van der Waals surface area contributed by atoms with Gasteiger partial charge in [0.05, 0.1) is 12.3 Å². The summed E-state index contributed by atoms with van der Waals surface area (Å²) in [4.78, 5) is 18.8. The Morgan fingerprint density at radius 1 is 1.14 bits per heavy atom. The largest absolute Gasteiger partial charge is 0.342 e. The van der Waals surface area contributed by atoms with Crippen LogP contribution in [0.4, 0.5) is 8.78 Å². The minimum Gasteiger partial charge on any atom is -0.342 e. The molecule has 1 fully saturated rings. The Bertz CT molecular complexity index is 972. The third kappa shape index (κ3) is 3.93. The fourth-order valence-electron chi connectivity index (χ4n) is 3.44. The fourth-order valence-corrected chi connectivity index (χ4v) is 3.44. The molecule has 0 saturated carbocycles. The van der Waals surface area contributed by atoms with Gasteiger partial charge in [0.25, 0.3) is 0 Å². The zero-order chi connectivity index (χ0) is 19.5. The summed E-state index contributed by atoms with van der Waals surface area (Å²) in [6, 6.07) is 12.2. The summed E-state index contributed by atoms with van der Waals surface area (Å²) in [7, 11) is 0. The first-order valence-electron chi connectivity index (χ1n) is 9.21. The lowest BCUT2D eigenvalue weighted by molar-refractivity contribution is -0.131. The van der Waals surface area contributed by atoms with Crippen LogP contribution in [0.15, 0.2) is 53.1 Å². The summed E-state index contributed by atoms with van der Waals surface area (Å²) >= 11 is 0. The van der Waals surface area contributed by atoms with Crippen molar-refractivity contribution in [3.63, 3.8) is 0 Å². The van der Waals surface area contributed by atoms with Gasteiger partial charge in [-0.25, -0.2) is 8.78 Å². The van der Waals surface area contributed by atoms with E-state index in [1.807, 2.05) is 0 Å². The lowest BCUT2D eigenvalue weighted by Gasteiger charge is -2.31. The van der Waals surface area contributed by atoms with Crippen LogP contribution in [-0.2, 0) is 11.2 Å². The van der Waals surface area contributed by atoms with Crippen molar-refractivity contribution < 1.29 is 18.1 Å². The Kier molecular flexibility index (Phi) is 5.14. The molecule has 2 aromatic carbocycles. The van der Waals surface area contributed by atoms with E-state index >= 15 is 0 Å². The highest BCUT2D eigenvalue weighted by Crippen LogP contribution is 2.28. The highest BCUT2D eigenvalue weighted by Gasteiger charge is 2.29. The molecule has 0 unspecified atom stereocenters. The molecule has 0 spiro atoms. The van der Waals surface area contributed by atoms with Gasteiger partial charge >= 0.3 is 0 Å². The molecule has 5 nitrogen and oxygen atoms in total. The Morgan fingerprint density at radius 2 is 1.93 bits per heavy atom. The van der Waals surface area contributed by atoms with E-state index in [1.165, 1.54) is 18.2 Å². The Morgan fingerprint density at radius 3 is 2.71 bits per heavy atom. The van der Waals surface area contributed by atoms with Gasteiger partial charge in [-0.1, -0.05) is 23.4 Å². The summed E-state index contributed by atoms with van der Waals surface area (Å²) in [5.74, 6) is -0.0328. The molecule has 0 radical (unpaired) electrons. The Balaban J connectivity index is 1.44. The third-order valence-corrected chi connectivity index (χ3v) is 4.97. The second-order valence-electron chi connectivity index (χ2n) is 6.91. The highest BCUT2D eigenvalue weighted by molar-refractivity contribution is 5.79. The molecule has 7 heteroatoms. The number of amides is 1. The lowest BCUT2D eigenvalue weighted by atomic mass is 9.97. The van der Waals surface area contributed by atoms with Crippen LogP contribution in [0.2, 0.25) is 0 Å². The Labute approximate surface area is 161 Å². The number of hydrogen-bond acceptors (Lipinski definition) is 4. The normalized spacial score (nSPS) is 16.9. The van der Waals surface area contributed by atoms with E-state index < -0.39 is 0 Å². The monoisotopic (exact) mass is 383 g/mol. The topological polar surface area (TPSA) is 59.2 Å². The second-order valence-corrected chi connectivity index (χ2v) is 6.91. The van der Waals surface area contributed by atoms with Gasteiger partial charge in [-0.2, -0.15) is 4.98 Å². The summed E-state index contributed by atoms with van der Waals surface area (Å²) in [6.45, 7) is 1.08. The first-order chi connectivity index (χ1) is 13.6. The summed E-state index contributed by atoms with van der Waals surface area (Å²) in [6.07, 6.45) is 1.67. The Hall–Kier alpha value is -3.09. The number of piperidine rings is 1. The van der Waals surface area contributed by atoms with Gasteiger partial charge in [0, 0.05) is 18.7 Å². The van der Waals surface area contributed by atoms with Gasteiger partial charge in [-0.15, -0.1) is 0 Å². The van der Waals surface area contributed by atoms with Crippen LogP contribution < -0.4 is 0 Å². The number of nitrogens with zero attached hydrogens (tertiary/aromatic N) is 3. The number of aromatic nitrogens is 2. The summed E-state index contributed by atoms with van der Waals surface area (Å²) in [5.41, 5.74) is 1.06. The van der Waals surface area contributed by atoms with Gasteiger partial charge in [0.2, 0.25) is 17.6 Å². The van der Waals surface area contributed by atoms with Crippen molar-refractivity contribution in [2.75, 3.05) is 13.1 Å². The summed E-state index contributed by atoms with van der Waals surface area (Å²) in [5, 5.41) is 3.98. The number of likely N-dealkylation sites (tertiary alicyclic amines) is 1. The maximum absolute atomic E-state index is 13.8. The van der Waals surface area contributed by atoms with Crippen LogP contribution in [0, 0.1) is 11.6 Å². The van der Waals surface area contributed by atoms with Gasteiger partial charge in [0.15, 0.2) is 0 Å². The summed E-state index contributed by atoms with van der Waals surface area (Å²) < 4.78 is 32.3.